The van der Waals surface area contributed by atoms with Crippen LogP contribution in [0.5, 0.6) is 0 Å². The first-order valence-corrected chi connectivity index (χ1v) is 2.38. The number of rotatable bonds is 2. The molecule has 0 aromatic heterocycles. The second-order valence-corrected chi connectivity index (χ2v) is 1.58. The van der Waals surface area contributed by atoms with Crippen molar-refractivity contribution in [3.8, 4) is 0 Å². The Bertz CT molecular complexity index is 51.5. The average Bonchev–Trinajstić information content (AvgIpc) is 1.35. The third kappa shape index (κ3) is 3.89. The molecule has 0 heterocycles. The molecular weight excluding hydrogens is 96.1 g/mol. The maximum Gasteiger partial charge on any atom is 0.218 e. The van der Waals surface area contributed by atoms with Crippen LogP contribution in [0.3, 0.4) is 0 Å². The lowest BCUT2D eigenvalue weighted by molar-refractivity contribution is 0.425. The van der Waals surface area contributed by atoms with E-state index in [2.05, 4.69) is 12.2 Å². The molecule has 0 aromatic rings. The second kappa shape index (κ2) is 3.09. The van der Waals surface area contributed by atoms with Crippen molar-refractivity contribution in [2.24, 2.45) is 0 Å². The number of hydrogen-bond acceptors (Lipinski definition) is 1. The topological polar surface area (TPSA) is 19.9 Å². The maximum absolute atomic E-state index is 9.86. The van der Waals surface area contributed by atoms with Crippen LogP contribution in [0, 0.1) is 0 Å². The third-order valence-electron chi connectivity index (χ3n) is 0.454. The zero-order chi connectivity index (χ0) is 4.99. The molecule has 0 fully saturated rings. The van der Waals surface area contributed by atoms with Crippen molar-refractivity contribution in [3.05, 3.63) is 0 Å². The second-order valence-electron chi connectivity index (χ2n) is 1.12. The molecule has 1 nitrogen and oxygen atoms in total. The standard InChI is InChI=1S/C4H7OS/c1-2-3-4(5)6/h2-3H2,1H3. The monoisotopic (exact) mass is 103 g/mol. The van der Waals surface area contributed by atoms with E-state index in [1.165, 1.54) is 0 Å². The quantitative estimate of drug-likeness (QED) is 0.485. The highest BCUT2D eigenvalue weighted by molar-refractivity contribution is 7.80. The Morgan fingerprint density at radius 2 is 2.33 bits per heavy atom. The van der Waals surface area contributed by atoms with Crippen molar-refractivity contribution >= 4 is 17.3 Å². The lowest BCUT2D eigenvalue weighted by atomic mass is 10.4. The van der Waals surface area contributed by atoms with Crippen molar-refractivity contribution in [1.82, 2.24) is 0 Å². The Kier molecular flexibility index (Phi) is 3.04. The SMILES string of the molecule is CCCC([O])=S. The van der Waals surface area contributed by atoms with E-state index in [1.807, 2.05) is 6.92 Å². The van der Waals surface area contributed by atoms with E-state index >= 15 is 0 Å². The molecule has 0 saturated heterocycles. The molecule has 0 saturated carbocycles. The van der Waals surface area contributed by atoms with Gasteiger partial charge in [0.2, 0.25) is 5.05 Å². The van der Waals surface area contributed by atoms with Gasteiger partial charge in [0.05, 0.1) is 0 Å². The summed E-state index contributed by atoms with van der Waals surface area (Å²) >= 11 is 4.24. The van der Waals surface area contributed by atoms with E-state index < -0.39 is 0 Å². The van der Waals surface area contributed by atoms with Gasteiger partial charge in [-0.1, -0.05) is 6.92 Å². The largest absolute Gasteiger partial charge is 0.282 e. The zero-order valence-corrected chi connectivity index (χ0v) is 4.55. The molecule has 35 valence electrons. The van der Waals surface area contributed by atoms with Gasteiger partial charge in [-0.25, -0.2) is 0 Å². The van der Waals surface area contributed by atoms with E-state index in [1.54, 1.807) is 0 Å². The van der Waals surface area contributed by atoms with E-state index in [9.17, 15) is 5.11 Å². The molecule has 1 radical (unpaired) electrons. The van der Waals surface area contributed by atoms with Gasteiger partial charge in [0.15, 0.2) is 0 Å². The van der Waals surface area contributed by atoms with Crippen LogP contribution in [0.15, 0.2) is 0 Å². The van der Waals surface area contributed by atoms with Crippen molar-refractivity contribution in [2.75, 3.05) is 0 Å². The van der Waals surface area contributed by atoms with Gasteiger partial charge in [0.25, 0.3) is 0 Å². The molecule has 0 aliphatic rings. The predicted molar refractivity (Wildman–Crippen MR) is 28.2 cm³/mol. The van der Waals surface area contributed by atoms with Crippen molar-refractivity contribution in [3.63, 3.8) is 0 Å². The van der Waals surface area contributed by atoms with Gasteiger partial charge >= 0.3 is 0 Å². The molecule has 6 heavy (non-hydrogen) atoms. The summed E-state index contributed by atoms with van der Waals surface area (Å²) in [7, 11) is 0. The summed E-state index contributed by atoms with van der Waals surface area (Å²) in [5.74, 6) is 0. The van der Waals surface area contributed by atoms with Gasteiger partial charge < -0.3 is 0 Å². The van der Waals surface area contributed by atoms with Crippen LogP contribution in [0.2, 0.25) is 0 Å². The Morgan fingerprint density at radius 3 is 2.33 bits per heavy atom. The third-order valence-corrected chi connectivity index (χ3v) is 0.658. The molecule has 0 N–H and O–H groups in total. The van der Waals surface area contributed by atoms with Crippen LogP contribution in [0.4, 0.5) is 0 Å². The summed E-state index contributed by atoms with van der Waals surface area (Å²) in [5.41, 5.74) is 0. The van der Waals surface area contributed by atoms with E-state index in [-0.39, 0.29) is 5.05 Å². The molecule has 0 aliphatic heterocycles. The Labute approximate surface area is 43.0 Å². The van der Waals surface area contributed by atoms with Crippen LogP contribution >= 0.6 is 12.2 Å². The maximum atomic E-state index is 9.86. The fourth-order valence-electron chi connectivity index (χ4n) is 0.204. The van der Waals surface area contributed by atoms with Gasteiger partial charge in [0.1, 0.15) is 0 Å². The summed E-state index contributed by atoms with van der Waals surface area (Å²) in [4.78, 5) is 0. The van der Waals surface area contributed by atoms with E-state index in [0.717, 1.165) is 6.42 Å². The first kappa shape index (κ1) is 5.89. The molecule has 0 amide bonds. The van der Waals surface area contributed by atoms with Gasteiger partial charge in [0, 0.05) is 6.42 Å². The summed E-state index contributed by atoms with van der Waals surface area (Å²) < 4.78 is 0. The van der Waals surface area contributed by atoms with Gasteiger partial charge in [-0.15, -0.1) is 0 Å². The number of thiocarbonyl (C=S) groups is 1. The summed E-state index contributed by atoms with van der Waals surface area (Å²) in [6.45, 7) is 1.93. The Balaban J connectivity index is 2.83. The van der Waals surface area contributed by atoms with Crippen LogP contribution in [0.1, 0.15) is 19.8 Å². The van der Waals surface area contributed by atoms with Crippen LogP contribution in [-0.4, -0.2) is 5.05 Å². The van der Waals surface area contributed by atoms with E-state index in [4.69, 9.17) is 0 Å². The van der Waals surface area contributed by atoms with Gasteiger partial charge in [-0.2, -0.15) is 0 Å². The minimum Gasteiger partial charge on any atom is -0.282 e. The minimum atomic E-state index is -0.127. The highest BCUT2D eigenvalue weighted by Crippen LogP contribution is 1.86. The molecule has 0 spiro atoms. The molecule has 2 heteroatoms. The predicted octanol–water partition coefficient (Wildman–Crippen LogP) is 1.54. The van der Waals surface area contributed by atoms with E-state index in [0.29, 0.717) is 6.42 Å². The van der Waals surface area contributed by atoms with Crippen LogP contribution in [0.25, 0.3) is 0 Å². The lowest BCUT2D eigenvalue weighted by Crippen LogP contribution is -1.83. The average molecular weight is 103 g/mol. The van der Waals surface area contributed by atoms with Gasteiger partial charge in [-0.05, 0) is 18.6 Å². The van der Waals surface area contributed by atoms with Crippen molar-refractivity contribution < 1.29 is 5.11 Å². The smallest absolute Gasteiger partial charge is 0.218 e. The summed E-state index contributed by atoms with van der Waals surface area (Å²) in [6.07, 6.45) is 1.43. The van der Waals surface area contributed by atoms with Gasteiger partial charge in [-0.3, -0.25) is 5.11 Å². The van der Waals surface area contributed by atoms with Crippen molar-refractivity contribution in [1.29, 1.82) is 0 Å². The van der Waals surface area contributed by atoms with Crippen LogP contribution < -0.4 is 0 Å². The summed E-state index contributed by atoms with van der Waals surface area (Å²) in [5, 5.41) is 9.73. The van der Waals surface area contributed by atoms with Crippen molar-refractivity contribution in [2.45, 2.75) is 19.8 Å². The fourth-order valence-corrected chi connectivity index (χ4v) is 0.408. The highest BCUT2D eigenvalue weighted by atomic mass is 32.1. The first-order valence-electron chi connectivity index (χ1n) is 1.97. The Hall–Kier alpha value is -0.110. The molecule has 0 aliphatic carbocycles. The normalized spacial score (nSPS) is 8.17. The molecule has 0 rings (SSSR count). The summed E-state index contributed by atoms with van der Waals surface area (Å²) in [6, 6.07) is 0. The Morgan fingerprint density at radius 1 is 1.83 bits per heavy atom. The number of hydrogen-bond donors (Lipinski definition) is 0. The molecule has 0 unspecified atom stereocenters. The highest BCUT2D eigenvalue weighted by Gasteiger charge is 1.86. The molecular formula is C4H7OS. The van der Waals surface area contributed by atoms with Crippen LogP contribution in [-0.2, 0) is 5.11 Å². The first-order chi connectivity index (χ1) is 2.77. The fraction of sp³-hybridized carbons (Fsp3) is 0.750. The zero-order valence-electron chi connectivity index (χ0n) is 3.73. The molecule has 0 aromatic carbocycles. The molecule has 0 bridgehead atoms. The minimum absolute atomic E-state index is 0.127. The lowest BCUT2D eigenvalue weighted by Gasteiger charge is -1.79. The molecule has 0 atom stereocenters.